The highest BCUT2D eigenvalue weighted by molar-refractivity contribution is 5.79. The second-order valence-electron chi connectivity index (χ2n) is 6.16. The Balaban J connectivity index is 1.69. The first-order chi connectivity index (χ1) is 12.1. The Hall–Kier alpha value is -2.50. The predicted molar refractivity (Wildman–Crippen MR) is 102 cm³/mol. The fourth-order valence-corrected chi connectivity index (χ4v) is 2.65. The first kappa shape index (κ1) is 18.8. The van der Waals surface area contributed by atoms with Gasteiger partial charge in [0.1, 0.15) is 5.75 Å². The number of aryl methyl sites for hydroxylation is 1. The topological polar surface area (TPSA) is 63.5 Å². The molecule has 2 N–H and O–H groups in total. The third-order valence-corrected chi connectivity index (χ3v) is 4.24. The molecule has 0 aliphatic rings. The van der Waals surface area contributed by atoms with Gasteiger partial charge < -0.3 is 15.4 Å². The predicted octanol–water partition coefficient (Wildman–Crippen LogP) is 2.33. The van der Waals surface area contributed by atoms with Gasteiger partial charge in [-0.15, -0.1) is 0 Å². The number of methoxy groups -OCH3 is 1. The number of rotatable bonds is 8. The summed E-state index contributed by atoms with van der Waals surface area (Å²) in [5, 5.41) is 10.9. The van der Waals surface area contributed by atoms with E-state index in [0.717, 1.165) is 37.6 Å². The molecule has 1 heterocycles. The minimum Gasteiger partial charge on any atom is -0.497 e. The number of hydrogen-bond donors (Lipinski definition) is 2. The van der Waals surface area contributed by atoms with Crippen LogP contribution >= 0.6 is 0 Å². The van der Waals surface area contributed by atoms with E-state index in [2.05, 4.69) is 39.8 Å². The van der Waals surface area contributed by atoms with E-state index in [1.807, 2.05) is 36.3 Å². The lowest BCUT2D eigenvalue weighted by molar-refractivity contribution is 0.414. The van der Waals surface area contributed by atoms with Crippen molar-refractivity contribution in [1.29, 1.82) is 0 Å². The smallest absolute Gasteiger partial charge is 0.190 e. The fourth-order valence-electron chi connectivity index (χ4n) is 2.65. The third kappa shape index (κ3) is 6.14. The lowest BCUT2D eigenvalue weighted by Crippen LogP contribution is -2.39. The maximum Gasteiger partial charge on any atom is 0.190 e. The molecule has 25 heavy (non-hydrogen) atoms. The van der Waals surface area contributed by atoms with Crippen LogP contribution in [0.25, 0.3) is 0 Å². The summed E-state index contributed by atoms with van der Waals surface area (Å²) in [5.74, 6) is 2.21. The molecule has 136 valence electrons. The first-order valence-corrected chi connectivity index (χ1v) is 8.68. The van der Waals surface area contributed by atoms with Crippen LogP contribution in [0.1, 0.15) is 30.4 Å². The first-order valence-electron chi connectivity index (χ1n) is 8.68. The Labute approximate surface area is 150 Å². The molecular weight excluding hydrogens is 314 g/mol. The quantitative estimate of drug-likeness (QED) is 0.570. The molecule has 0 spiro atoms. The van der Waals surface area contributed by atoms with E-state index < -0.39 is 0 Å². The average molecular weight is 343 g/mol. The van der Waals surface area contributed by atoms with Crippen molar-refractivity contribution < 1.29 is 4.74 Å². The Morgan fingerprint density at radius 3 is 2.56 bits per heavy atom. The van der Waals surface area contributed by atoms with Gasteiger partial charge in [0, 0.05) is 33.4 Å². The van der Waals surface area contributed by atoms with Crippen molar-refractivity contribution in [2.75, 3.05) is 27.2 Å². The number of aromatic nitrogens is 2. The number of ether oxygens (including phenoxy) is 1. The van der Waals surface area contributed by atoms with Gasteiger partial charge in [-0.3, -0.25) is 9.67 Å². The highest BCUT2D eigenvalue weighted by Crippen LogP contribution is 2.21. The second kappa shape index (κ2) is 9.71. The van der Waals surface area contributed by atoms with Crippen LogP contribution in [0.3, 0.4) is 0 Å². The van der Waals surface area contributed by atoms with E-state index in [1.165, 1.54) is 11.1 Å². The molecule has 0 saturated carbocycles. The van der Waals surface area contributed by atoms with Crippen LogP contribution in [0, 0.1) is 0 Å². The molecular formula is C19H29N5O. The molecule has 0 saturated heterocycles. The van der Waals surface area contributed by atoms with Gasteiger partial charge in [0.25, 0.3) is 0 Å². The number of nitrogens with zero attached hydrogens (tertiary/aromatic N) is 3. The molecule has 1 atom stereocenters. The van der Waals surface area contributed by atoms with E-state index in [9.17, 15) is 0 Å². The van der Waals surface area contributed by atoms with Crippen molar-refractivity contribution in [3.05, 3.63) is 47.8 Å². The number of nitrogens with one attached hydrogen (secondary N) is 2. The van der Waals surface area contributed by atoms with Crippen LogP contribution in [0.5, 0.6) is 5.75 Å². The van der Waals surface area contributed by atoms with Crippen molar-refractivity contribution in [1.82, 2.24) is 20.4 Å². The van der Waals surface area contributed by atoms with Crippen molar-refractivity contribution in [3.8, 4) is 5.75 Å². The molecule has 0 radical (unpaired) electrons. The summed E-state index contributed by atoms with van der Waals surface area (Å²) in [4.78, 5) is 4.27. The number of benzene rings is 1. The van der Waals surface area contributed by atoms with E-state index in [4.69, 9.17) is 4.74 Å². The zero-order valence-corrected chi connectivity index (χ0v) is 15.6. The standard InChI is InChI=1S/C19H29N5O/c1-15(17-5-7-18(25-4)8-6-17)9-11-21-19(20-2)22-12-10-16-13-23-24(3)14-16/h5-8,13-15H,9-12H2,1-4H3,(H2,20,21,22). The second-order valence-corrected chi connectivity index (χ2v) is 6.16. The molecule has 2 aromatic rings. The van der Waals surface area contributed by atoms with Crippen LogP contribution in [-0.4, -0.2) is 43.0 Å². The normalized spacial score (nSPS) is 12.7. The number of aliphatic imine (C=N–C) groups is 1. The minimum absolute atomic E-state index is 0.479. The van der Waals surface area contributed by atoms with Gasteiger partial charge in [-0.2, -0.15) is 5.10 Å². The SMILES string of the molecule is CN=C(NCCc1cnn(C)c1)NCCC(C)c1ccc(OC)cc1. The summed E-state index contributed by atoms with van der Waals surface area (Å²) in [6.07, 6.45) is 5.90. The zero-order chi connectivity index (χ0) is 18.1. The van der Waals surface area contributed by atoms with Gasteiger partial charge in [-0.1, -0.05) is 19.1 Å². The van der Waals surface area contributed by atoms with Crippen LogP contribution < -0.4 is 15.4 Å². The van der Waals surface area contributed by atoms with Gasteiger partial charge in [0.05, 0.1) is 13.3 Å². The van der Waals surface area contributed by atoms with E-state index in [0.29, 0.717) is 5.92 Å². The molecule has 0 bridgehead atoms. The molecule has 6 nitrogen and oxygen atoms in total. The van der Waals surface area contributed by atoms with Crippen molar-refractivity contribution in [3.63, 3.8) is 0 Å². The van der Waals surface area contributed by atoms with Crippen LogP contribution in [0.2, 0.25) is 0 Å². The fraction of sp³-hybridized carbons (Fsp3) is 0.474. The van der Waals surface area contributed by atoms with E-state index in [-0.39, 0.29) is 0 Å². The van der Waals surface area contributed by atoms with Crippen molar-refractivity contribution in [2.24, 2.45) is 12.0 Å². The highest BCUT2D eigenvalue weighted by Gasteiger charge is 2.06. The molecule has 6 heteroatoms. The molecule has 1 aromatic heterocycles. The van der Waals surface area contributed by atoms with Gasteiger partial charge in [0.15, 0.2) is 5.96 Å². The highest BCUT2D eigenvalue weighted by atomic mass is 16.5. The summed E-state index contributed by atoms with van der Waals surface area (Å²) < 4.78 is 7.03. The van der Waals surface area contributed by atoms with Crippen molar-refractivity contribution >= 4 is 5.96 Å². The van der Waals surface area contributed by atoms with Crippen LogP contribution in [-0.2, 0) is 13.5 Å². The number of hydrogen-bond acceptors (Lipinski definition) is 3. The average Bonchev–Trinajstić information content (AvgIpc) is 3.05. The molecule has 2 rings (SSSR count). The molecule has 0 fully saturated rings. The minimum atomic E-state index is 0.479. The molecule has 0 aliphatic carbocycles. The van der Waals surface area contributed by atoms with Gasteiger partial charge >= 0.3 is 0 Å². The summed E-state index contributed by atoms with van der Waals surface area (Å²) in [6.45, 7) is 3.95. The molecule has 1 unspecified atom stereocenters. The Bertz CT molecular complexity index is 663. The summed E-state index contributed by atoms with van der Waals surface area (Å²) in [6, 6.07) is 8.28. The monoisotopic (exact) mass is 343 g/mol. The molecule has 0 aliphatic heterocycles. The Morgan fingerprint density at radius 1 is 1.24 bits per heavy atom. The van der Waals surface area contributed by atoms with Gasteiger partial charge in [-0.05, 0) is 42.0 Å². The maximum absolute atomic E-state index is 5.21. The van der Waals surface area contributed by atoms with Crippen LogP contribution in [0.15, 0.2) is 41.7 Å². The molecule has 0 amide bonds. The van der Waals surface area contributed by atoms with Crippen molar-refractivity contribution in [2.45, 2.75) is 25.7 Å². The lowest BCUT2D eigenvalue weighted by atomic mass is 9.98. The lowest BCUT2D eigenvalue weighted by Gasteiger charge is -2.15. The Kier molecular flexibility index (Phi) is 7.32. The summed E-state index contributed by atoms with van der Waals surface area (Å²) in [5.41, 5.74) is 2.54. The largest absolute Gasteiger partial charge is 0.497 e. The summed E-state index contributed by atoms with van der Waals surface area (Å²) >= 11 is 0. The van der Waals surface area contributed by atoms with Gasteiger partial charge in [-0.25, -0.2) is 0 Å². The zero-order valence-electron chi connectivity index (χ0n) is 15.6. The Morgan fingerprint density at radius 2 is 1.96 bits per heavy atom. The maximum atomic E-state index is 5.21. The third-order valence-electron chi connectivity index (χ3n) is 4.24. The molecule has 1 aromatic carbocycles. The van der Waals surface area contributed by atoms with Crippen LogP contribution in [0.4, 0.5) is 0 Å². The van der Waals surface area contributed by atoms with E-state index in [1.54, 1.807) is 14.2 Å². The van der Waals surface area contributed by atoms with E-state index >= 15 is 0 Å². The number of guanidine groups is 1. The summed E-state index contributed by atoms with van der Waals surface area (Å²) in [7, 11) is 5.42. The van der Waals surface area contributed by atoms with Gasteiger partial charge in [0.2, 0.25) is 0 Å².